The predicted octanol–water partition coefficient (Wildman–Crippen LogP) is 5.77. The van der Waals surface area contributed by atoms with Gasteiger partial charge in [0.15, 0.2) is 11.7 Å². The molecule has 2 heterocycles. The molecule has 1 aromatic heterocycles. The van der Waals surface area contributed by atoms with Gasteiger partial charge in [0.05, 0.1) is 19.3 Å². The molecule has 0 radical (unpaired) electrons. The molecule has 1 fully saturated rings. The Morgan fingerprint density at radius 3 is 2.38 bits per heavy atom. The van der Waals surface area contributed by atoms with E-state index in [-0.39, 0.29) is 24.2 Å². The van der Waals surface area contributed by atoms with Crippen LogP contribution in [0.5, 0.6) is 0 Å². The molecule has 4 rings (SSSR count). The van der Waals surface area contributed by atoms with E-state index < -0.39 is 18.6 Å². The number of hydrogen-bond donors (Lipinski definition) is 0. The Hall–Kier alpha value is -3.24. The standard InChI is InChI=1S/C27H28F4N2O4/c1-35-26(34)21-4-2-18(3-5-21)10-13-33-14-11-20(12-15-33)25-32-23(16-36-17-27(29,30)31)24(37-25)19-6-8-22(28)9-7-19/h2-9,20H,10-17H2,1H3. The van der Waals surface area contributed by atoms with Crippen molar-refractivity contribution >= 4 is 5.97 Å². The molecule has 3 aromatic rings. The monoisotopic (exact) mass is 520 g/mol. The number of ether oxygens (including phenoxy) is 2. The van der Waals surface area contributed by atoms with Gasteiger partial charge in [-0.15, -0.1) is 0 Å². The quantitative estimate of drug-likeness (QED) is 0.264. The highest BCUT2D eigenvalue weighted by Gasteiger charge is 2.29. The Labute approximate surface area is 212 Å². The molecule has 198 valence electrons. The second-order valence-electron chi connectivity index (χ2n) is 9.00. The van der Waals surface area contributed by atoms with E-state index in [9.17, 15) is 22.4 Å². The van der Waals surface area contributed by atoms with Gasteiger partial charge in [-0.1, -0.05) is 12.1 Å². The van der Waals surface area contributed by atoms with E-state index in [1.165, 1.54) is 31.4 Å². The molecule has 0 spiro atoms. The summed E-state index contributed by atoms with van der Waals surface area (Å²) in [6.07, 6.45) is -2.04. The highest BCUT2D eigenvalue weighted by Crippen LogP contribution is 2.33. The summed E-state index contributed by atoms with van der Waals surface area (Å²) in [5.74, 6) is -0.00732. The summed E-state index contributed by atoms with van der Waals surface area (Å²) < 4.78 is 66.6. The SMILES string of the molecule is COC(=O)c1ccc(CCN2CCC(c3nc(COCC(F)(F)F)c(-c4ccc(F)cc4)o3)CC2)cc1. The number of esters is 1. The van der Waals surface area contributed by atoms with Gasteiger partial charge in [-0.05, 0) is 74.3 Å². The summed E-state index contributed by atoms with van der Waals surface area (Å²) in [7, 11) is 1.35. The number of rotatable bonds is 9. The third-order valence-corrected chi connectivity index (χ3v) is 6.35. The van der Waals surface area contributed by atoms with Crippen LogP contribution in [0.1, 0.15) is 46.3 Å². The lowest BCUT2D eigenvalue weighted by Crippen LogP contribution is -2.34. The van der Waals surface area contributed by atoms with Crippen LogP contribution in [0.15, 0.2) is 52.9 Å². The highest BCUT2D eigenvalue weighted by atomic mass is 19.4. The number of alkyl halides is 3. The van der Waals surface area contributed by atoms with Crippen LogP contribution in [0.2, 0.25) is 0 Å². The topological polar surface area (TPSA) is 64.8 Å². The van der Waals surface area contributed by atoms with Crippen molar-refractivity contribution in [1.29, 1.82) is 0 Å². The number of halogens is 4. The largest absolute Gasteiger partial charge is 0.465 e. The summed E-state index contributed by atoms with van der Waals surface area (Å²) in [5.41, 5.74) is 2.43. The van der Waals surface area contributed by atoms with E-state index in [4.69, 9.17) is 13.9 Å². The fourth-order valence-electron chi connectivity index (χ4n) is 4.35. The lowest BCUT2D eigenvalue weighted by atomic mass is 9.96. The van der Waals surface area contributed by atoms with Crippen LogP contribution in [-0.2, 0) is 22.5 Å². The first kappa shape index (κ1) is 26.8. The minimum atomic E-state index is -4.45. The van der Waals surface area contributed by atoms with Gasteiger partial charge in [-0.2, -0.15) is 13.2 Å². The molecule has 10 heteroatoms. The van der Waals surface area contributed by atoms with Crippen LogP contribution in [0.3, 0.4) is 0 Å². The number of hydrogen-bond acceptors (Lipinski definition) is 6. The molecule has 0 saturated carbocycles. The molecule has 0 atom stereocenters. The van der Waals surface area contributed by atoms with E-state index >= 15 is 0 Å². The summed E-state index contributed by atoms with van der Waals surface area (Å²) in [5, 5.41) is 0. The minimum Gasteiger partial charge on any atom is -0.465 e. The number of methoxy groups -OCH3 is 1. The van der Waals surface area contributed by atoms with Crippen molar-refractivity contribution in [3.63, 3.8) is 0 Å². The van der Waals surface area contributed by atoms with Crippen molar-refractivity contribution in [1.82, 2.24) is 9.88 Å². The number of likely N-dealkylation sites (tertiary alicyclic amines) is 1. The predicted molar refractivity (Wildman–Crippen MR) is 128 cm³/mol. The summed E-state index contributed by atoms with van der Waals surface area (Å²) >= 11 is 0. The number of carbonyl (C=O) groups excluding carboxylic acids is 1. The van der Waals surface area contributed by atoms with Gasteiger partial charge >= 0.3 is 12.1 Å². The number of aromatic nitrogens is 1. The maximum atomic E-state index is 13.4. The van der Waals surface area contributed by atoms with Gasteiger partial charge in [0.25, 0.3) is 0 Å². The van der Waals surface area contributed by atoms with Gasteiger partial charge in [0.1, 0.15) is 18.1 Å². The Balaban J connectivity index is 1.36. The van der Waals surface area contributed by atoms with Crippen LogP contribution in [0.4, 0.5) is 17.6 Å². The third-order valence-electron chi connectivity index (χ3n) is 6.35. The number of carbonyl (C=O) groups is 1. The van der Waals surface area contributed by atoms with Crippen molar-refractivity contribution in [3.8, 4) is 11.3 Å². The van der Waals surface area contributed by atoms with Crippen LogP contribution < -0.4 is 0 Å². The second-order valence-corrected chi connectivity index (χ2v) is 9.00. The fourth-order valence-corrected chi connectivity index (χ4v) is 4.35. The van der Waals surface area contributed by atoms with Crippen molar-refractivity contribution in [2.45, 2.75) is 38.0 Å². The van der Waals surface area contributed by atoms with Gasteiger partial charge in [0.2, 0.25) is 0 Å². The normalized spacial score (nSPS) is 15.2. The summed E-state index contributed by atoms with van der Waals surface area (Å²) in [6, 6.07) is 12.9. The van der Waals surface area contributed by atoms with Gasteiger partial charge in [-0.25, -0.2) is 14.2 Å². The molecule has 1 aliphatic heterocycles. The molecule has 1 saturated heterocycles. The maximum absolute atomic E-state index is 13.4. The molecular weight excluding hydrogens is 492 g/mol. The second kappa shape index (κ2) is 11.9. The van der Waals surface area contributed by atoms with Gasteiger partial charge in [0, 0.05) is 18.0 Å². The van der Waals surface area contributed by atoms with Crippen molar-refractivity contribution < 1.29 is 36.2 Å². The van der Waals surface area contributed by atoms with Gasteiger partial charge in [-0.3, -0.25) is 0 Å². The maximum Gasteiger partial charge on any atom is 0.411 e. The van der Waals surface area contributed by atoms with E-state index in [1.807, 2.05) is 12.1 Å². The molecule has 2 aromatic carbocycles. The van der Waals surface area contributed by atoms with Crippen LogP contribution in [-0.4, -0.2) is 55.4 Å². The van der Waals surface area contributed by atoms with Gasteiger partial charge < -0.3 is 18.8 Å². The average molecular weight is 521 g/mol. The number of nitrogens with zero attached hydrogens (tertiary/aromatic N) is 2. The van der Waals surface area contributed by atoms with Crippen LogP contribution >= 0.6 is 0 Å². The van der Waals surface area contributed by atoms with Crippen molar-refractivity contribution in [3.05, 3.63) is 77.1 Å². The van der Waals surface area contributed by atoms with Crippen LogP contribution in [0.25, 0.3) is 11.3 Å². The molecule has 0 bridgehead atoms. The zero-order valence-electron chi connectivity index (χ0n) is 20.4. The molecule has 0 aliphatic carbocycles. The lowest BCUT2D eigenvalue weighted by Gasteiger charge is -2.30. The van der Waals surface area contributed by atoms with E-state index in [1.54, 1.807) is 12.1 Å². The molecule has 0 unspecified atom stereocenters. The number of oxazole rings is 1. The summed E-state index contributed by atoms with van der Waals surface area (Å²) in [6.45, 7) is 0.747. The Morgan fingerprint density at radius 1 is 1.08 bits per heavy atom. The molecule has 37 heavy (non-hydrogen) atoms. The van der Waals surface area contributed by atoms with E-state index in [0.29, 0.717) is 22.8 Å². The minimum absolute atomic E-state index is 0.0196. The Bertz CT molecular complexity index is 1170. The van der Waals surface area contributed by atoms with Crippen LogP contribution in [0, 0.1) is 5.82 Å². The third kappa shape index (κ3) is 7.39. The first-order valence-corrected chi connectivity index (χ1v) is 12.0. The molecular formula is C27H28F4N2O4. The smallest absolute Gasteiger partial charge is 0.411 e. The molecule has 6 nitrogen and oxygen atoms in total. The average Bonchev–Trinajstić information content (AvgIpc) is 3.31. The first-order chi connectivity index (χ1) is 17.7. The lowest BCUT2D eigenvalue weighted by molar-refractivity contribution is -0.176. The summed E-state index contributed by atoms with van der Waals surface area (Å²) in [4.78, 5) is 18.4. The Morgan fingerprint density at radius 2 is 1.76 bits per heavy atom. The molecule has 0 N–H and O–H groups in total. The van der Waals surface area contributed by atoms with Crippen molar-refractivity contribution in [2.75, 3.05) is 33.4 Å². The Kier molecular flexibility index (Phi) is 8.60. The highest BCUT2D eigenvalue weighted by molar-refractivity contribution is 5.89. The molecule has 0 amide bonds. The van der Waals surface area contributed by atoms with Crippen molar-refractivity contribution in [2.24, 2.45) is 0 Å². The first-order valence-electron chi connectivity index (χ1n) is 12.0. The number of piperidine rings is 1. The molecule has 1 aliphatic rings. The van der Waals surface area contributed by atoms with E-state index in [2.05, 4.69) is 9.88 Å². The zero-order valence-corrected chi connectivity index (χ0v) is 20.4. The fraction of sp³-hybridized carbons (Fsp3) is 0.407. The zero-order chi connectivity index (χ0) is 26.4. The van der Waals surface area contributed by atoms with E-state index in [0.717, 1.165) is 44.5 Å². The number of benzene rings is 2.